The maximum atomic E-state index is 12.4. The van der Waals surface area contributed by atoms with Crippen LogP contribution in [0.2, 0.25) is 0 Å². The predicted molar refractivity (Wildman–Crippen MR) is 67.5 cm³/mol. The Hall–Kier alpha value is -0.650. The maximum absolute atomic E-state index is 12.4. The third-order valence-corrected chi connectivity index (χ3v) is 3.32. The monoisotopic (exact) mass is 243 g/mol. The summed E-state index contributed by atoms with van der Waals surface area (Å²) >= 11 is 0. The summed E-state index contributed by atoms with van der Waals surface area (Å²) in [6, 6.07) is 0.0957. The number of amides is 1. The van der Waals surface area contributed by atoms with Gasteiger partial charge in [0.05, 0.1) is 11.5 Å². The summed E-state index contributed by atoms with van der Waals surface area (Å²) in [5.41, 5.74) is 5.09. The average molecular weight is 243 g/mol. The lowest BCUT2D eigenvalue weighted by molar-refractivity contribution is -0.141. The molecule has 0 aromatic rings. The predicted octanol–water partition coefficient (Wildman–Crippen LogP) is -0.505. The second-order valence-electron chi connectivity index (χ2n) is 5.85. The first-order valence-electron chi connectivity index (χ1n) is 6.12. The molecule has 2 unspecified atom stereocenters. The molecule has 1 rings (SSSR count). The van der Waals surface area contributed by atoms with Gasteiger partial charge in [-0.1, -0.05) is 0 Å². The molecule has 5 nitrogen and oxygen atoms in total. The molecule has 1 aliphatic rings. The minimum atomic E-state index is -0.547. The molecular formula is C12H25N3O2. The van der Waals surface area contributed by atoms with Gasteiger partial charge in [0.2, 0.25) is 5.91 Å². The molecule has 5 heteroatoms. The Kier molecular flexibility index (Phi) is 4.52. The van der Waals surface area contributed by atoms with E-state index < -0.39 is 11.5 Å². The van der Waals surface area contributed by atoms with Crippen molar-refractivity contribution in [2.75, 3.05) is 33.7 Å². The lowest BCUT2D eigenvalue weighted by Gasteiger charge is -2.33. The standard InChI is InChI=1S/C12H25N3O2/c1-12(2,8-13)11(17)15-7-10(16)5-9(15)6-14(3)4/h9-10,16H,5-8,13H2,1-4H3. The van der Waals surface area contributed by atoms with Crippen LogP contribution in [0.25, 0.3) is 0 Å². The van der Waals surface area contributed by atoms with E-state index >= 15 is 0 Å². The molecule has 1 saturated heterocycles. The highest BCUT2D eigenvalue weighted by Crippen LogP contribution is 2.25. The molecular weight excluding hydrogens is 218 g/mol. The Bertz CT molecular complexity index is 279. The first-order chi connectivity index (χ1) is 7.77. The number of β-amino-alcohol motifs (C(OH)–C–C–N with tert-alkyl or cyclic N) is 1. The molecule has 1 aliphatic heterocycles. The Labute approximate surface area is 104 Å². The number of carbonyl (C=O) groups excluding carboxylic acids is 1. The number of nitrogens with zero attached hydrogens (tertiary/aromatic N) is 2. The Morgan fingerprint density at radius 3 is 2.59 bits per heavy atom. The van der Waals surface area contributed by atoms with E-state index in [2.05, 4.69) is 0 Å². The van der Waals surface area contributed by atoms with E-state index in [1.807, 2.05) is 32.8 Å². The van der Waals surface area contributed by atoms with Crippen molar-refractivity contribution in [3.05, 3.63) is 0 Å². The van der Waals surface area contributed by atoms with Crippen molar-refractivity contribution in [2.24, 2.45) is 11.1 Å². The minimum Gasteiger partial charge on any atom is -0.391 e. The topological polar surface area (TPSA) is 69.8 Å². The van der Waals surface area contributed by atoms with Crippen LogP contribution in [0, 0.1) is 5.41 Å². The Morgan fingerprint density at radius 1 is 1.53 bits per heavy atom. The number of hydrogen-bond donors (Lipinski definition) is 2. The smallest absolute Gasteiger partial charge is 0.229 e. The van der Waals surface area contributed by atoms with Crippen LogP contribution in [0.15, 0.2) is 0 Å². The summed E-state index contributed by atoms with van der Waals surface area (Å²) < 4.78 is 0. The fraction of sp³-hybridized carbons (Fsp3) is 0.917. The molecule has 3 N–H and O–H groups in total. The molecule has 0 saturated carbocycles. The number of rotatable bonds is 4. The normalized spacial score (nSPS) is 25.7. The van der Waals surface area contributed by atoms with Gasteiger partial charge in [0, 0.05) is 25.7 Å². The molecule has 0 aromatic heterocycles. The minimum absolute atomic E-state index is 0.0448. The van der Waals surface area contributed by atoms with E-state index in [1.54, 1.807) is 4.90 Å². The molecule has 0 aliphatic carbocycles. The van der Waals surface area contributed by atoms with E-state index in [0.29, 0.717) is 19.5 Å². The van der Waals surface area contributed by atoms with Gasteiger partial charge in [0.15, 0.2) is 0 Å². The van der Waals surface area contributed by atoms with Crippen LogP contribution in [-0.2, 0) is 4.79 Å². The second kappa shape index (κ2) is 5.33. The molecule has 100 valence electrons. The van der Waals surface area contributed by atoms with Crippen molar-refractivity contribution < 1.29 is 9.90 Å². The highest BCUT2D eigenvalue weighted by atomic mass is 16.3. The second-order valence-corrected chi connectivity index (χ2v) is 5.85. The molecule has 17 heavy (non-hydrogen) atoms. The summed E-state index contributed by atoms with van der Waals surface area (Å²) in [6.45, 7) is 5.25. The number of hydrogen-bond acceptors (Lipinski definition) is 4. The summed E-state index contributed by atoms with van der Waals surface area (Å²) in [7, 11) is 3.95. The van der Waals surface area contributed by atoms with Gasteiger partial charge in [-0.2, -0.15) is 0 Å². The van der Waals surface area contributed by atoms with Gasteiger partial charge in [-0.15, -0.1) is 0 Å². The van der Waals surface area contributed by atoms with E-state index in [0.717, 1.165) is 6.54 Å². The Morgan fingerprint density at radius 2 is 2.12 bits per heavy atom. The molecule has 0 bridgehead atoms. The van der Waals surface area contributed by atoms with Gasteiger partial charge in [-0.25, -0.2) is 0 Å². The third-order valence-electron chi connectivity index (χ3n) is 3.32. The van der Waals surface area contributed by atoms with Crippen molar-refractivity contribution in [3.63, 3.8) is 0 Å². The summed E-state index contributed by atoms with van der Waals surface area (Å²) in [4.78, 5) is 16.2. The zero-order chi connectivity index (χ0) is 13.2. The van der Waals surface area contributed by atoms with Gasteiger partial charge in [-0.05, 0) is 34.4 Å². The molecule has 1 amide bonds. The van der Waals surface area contributed by atoms with Crippen LogP contribution < -0.4 is 5.73 Å². The fourth-order valence-electron chi connectivity index (χ4n) is 2.21. The average Bonchev–Trinajstić information content (AvgIpc) is 2.57. The van der Waals surface area contributed by atoms with Crippen LogP contribution in [-0.4, -0.2) is 66.7 Å². The number of carbonyl (C=O) groups is 1. The Balaban J connectivity index is 2.76. The van der Waals surface area contributed by atoms with Gasteiger partial charge in [0.1, 0.15) is 0 Å². The van der Waals surface area contributed by atoms with Crippen LogP contribution in [0.1, 0.15) is 20.3 Å². The summed E-state index contributed by atoms with van der Waals surface area (Å²) in [6.07, 6.45) is 0.252. The molecule has 1 heterocycles. The first-order valence-corrected chi connectivity index (χ1v) is 6.12. The number of likely N-dealkylation sites (N-methyl/N-ethyl adjacent to an activating group) is 1. The highest BCUT2D eigenvalue weighted by molar-refractivity contribution is 5.82. The number of nitrogens with two attached hydrogens (primary N) is 1. The molecule has 2 atom stereocenters. The molecule has 0 spiro atoms. The maximum Gasteiger partial charge on any atom is 0.229 e. The number of aliphatic hydroxyl groups excluding tert-OH is 1. The lowest BCUT2D eigenvalue weighted by atomic mass is 9.91. The SMILES string of the molecule is CN(C)CC1CC(O)CN1C(=O)C(C)(C)CN. The van der Waals surface area contributed by atoms with Gasteiger partial charge in [0.25, 0.3) is 0 Å². The molecule has 1 fully saturated rings. The van der Waals surface area contributed by atoms with Gasteiger partial charge in [-0.3, -0.25) is 4.79 Å². The highest BCUT2D eigenvalue weighted by Gasteiger charge is 2.40. The summed E-state index contributed by atoms with van der Waals surface area (Å²) in [5, 5.41) is 9.73. The van der Waals surface area contributed by atoms with Crippen LogP contribution in [0.5, 0.6) is 0 Å². The van der Waals surface area contributed by atoms with Crippen LogP contribution in [0.4, 0.5) is 0 Å². The quantitative estimate of drug-likeness (QED) is 0.698. The van der Waals surface area contributed by atoms with Gasteiger partial charge < -0.3 is 20.6 Å². The number of aliphatic hydroxyl groups is 1. The van der Waals surface area contributed by atoms with E-state index in [1.165, 1.54) is 0 Å². The van der Waals surface area contributed by atoms with Crippen molar-refractivity contribution in [1.82, 2.24) is 9.80 Å². The lowest BCUT2D eigenvalue weighted by Crippen LogP contribution is -2.49. The molecule has 0 radical (unpaired) electrons. The van der Waals surface area contributed by atoms with Crippen molar-refractivity contribution in [3.8, 4) is 0 Å². The largest absolute Gasteiger partial charge is 0.391 e. The van der Waals surface area contributed by atoms with Crippen molar-refractivity contribution in [1.29, 1.82) is 0 Å². The first kappa shape index (κ1) is 14.4. The van der Waals surface area contributed by atoms with Crippen molar-refractivity contribution >= 4 is 5.91 Å². The zero-order valence-electron chi connectivity index (χ0n) is 11.3. The van der Waals surface area contributed by atoms with Crippen LogP contribution in [0.3, 0.4) is 0 Å². The third kappa shape index (κ3) is 3.40. The fourth-order valence-corrected chi connectivity index (χ4v) is 2.21. The molecule has 0 aromatic carbocycles. The number of likely N-dealkylation sites (tertiary alicyclic amines) is 1. The van der Waals surface area contributed by atoms with E-state index in [9.17, 15) is 9.90 Å². The zero-order valence-corrected chi connectivity index (χ0v) is 11.3. The van der Waals surface area contributed by atoms with Crippen molar-refractivity contribution in [2.45, 2.75) is 32.4 Å². The van der Waals surface area contributed by atoms with E-state index in [-0.39, 0.29) is 11.9 Å². The van der Waals surface area contributed by atoms with Gasteiger partial charge >= 0.3 is 0 Å². The van der Waals surface area contributed by atoms with E-state index in [4.69, 9.17) is 5.73 Å². The summed E-state index contributed by atoms with van der Waals surface area (Å²) in [5.74, 6) is 0.0448. The van der Waals surface area contributed by atoms with Crippen LogP contribution >= 0.6 is 0 Å².